The van der Waals surface area contributed by atoms with Gasteiger partial charge in [-0.25, -0.2) is 0 Å². The molecule has 0 unspecified atom stereocenters. The van der Waals surface area contributed by atoms with E-state index in [9.17, 15) is 14.4 Å². The van der Waals surface area contributed by atoms with Gasteiger partial charge in [0.25, 0.3) is 0 Å². The summed E-state index contributed by atoms with van der Waals surface area (Å²) in [6.07, 6.45) is 0.0905. The van der Waals surface area contributed by atoms with E-state index in [0.29, 0.717) is 10.7 Å². The summed E-state index contributed by atoms with van der Waals surface area (Å²) in [5.41, 5.74) is 4.74. The Morgan fingerprint density at radius 3 is 2.68 bits per heavy atom. The summed E-state index contributed by atoms with van der Waals surface area (Å²) >= 11 is 5.92. The van der Waals surface area contributed by atoms with Crippen LogP contribution in [0.1, 0.15) is 20.3 Å². The van der Waals surface area contributed by atoms with Crippen LogP contribution in [-0.4, -0.2) is 29.8 Å². The third-order valence-corrected chi connectivity index (χ3v) is 3.90. The number of benzene rings is 1. The molecule has 1 aromatic rings. The van der Waals surface area contributed by atoms with Crippen molar-refractivity contribution < 1.29 is 14.4 Å². The first-order chi connectivity index (χ1) is 10.2. The van der Waals surface area contributed by atoms with Crippen LogP contribution in [0.2, 0.25) is 5.02 Å². The van der Waals surface area contributed by atoms with Gasteiger partial charge in [-0.05, 0) is 32.0 Å². The number of halogens is 1. The molecule has 0 saturated carbocycles. The molecule has 0 radical (unpaired) electrons. The first-order valence-corrected chi connectivity index (χ1v) is 7.26. The van der Waals surface area contributed by atoms with Gasteiger partial charge in [0.2, 0.25) is 17.7 Å². The summed E-state index contributed by atoms with van der Waals surface area (Å²) in [6.45, 7) is 3.30. The maximum absolute atomic E-state index is 12.2. The van der Waals surface area contributed by atoms with Gasteiger partial charge in [-0.15, -0.1) is 0 Å². The molecule has 0 bridgehead atoms. The third-order valence-electron chi connectivity index (χ3n) is 3.67. The predicted octanol–water partition coefficient (Wildman–Crippen LogP) is 1.07. The van der Waals surface area contributed by atoms with E-state index in [4.69, 9.17) is 17.3 Å². The van der Waals surface area contributed by atoms with E-state index < -0.39 is 17.4 Å². The minimum absolute atomic E-state index is 0.0905. The number of rotatable bonds is 4. The quantitative estimate of drug-likeness (QED) is 0.868. The molecule has 0 aliphatic carbocycles. The number of nitrogens with two attached hydrogens (primary N) is 1. The van der Waals surface area contributed by atoms with Crippen molar-refractivity contribution in [3.8, 4) is 0 Å². The van der Waals surface area contributed by atoms with Crippen molar-refractivity contribution in [2.24, 2.45) is 11.7 Å². The van der Waals surface area contributed by atoms with Crippen LogP contribution in [0.4, 0.5) is 5.69 Å². The fourth-order valence-electron chi connectivity index (χ4n) is 2.25. The van der Waals surface area contributed by atoms with Gasteiger partial charge in [-0.2, -0.15) is 0 Å². The molecule has 6 nitrogen and oxygen atoms in total. The Labute approximate surface area is 133 Å². The number of carbonyl (C=O) groups excluding carboxylic acids is 3. The van der Waals surface area contributed by atoms with Crippen LogP contribution in [0.5, 0.6) is 0 Å². The van der Waals surface area contributed by atoms with Crippen LogP contribution in [0.3, 0.4) is 0 Å². The van der Waals surface area contributed by atoms with E-state index in [0.717, 1.165) is 0 Å². The molecular formula is C15H18ClN3O3. The SMILES string of the molecule is CC(C)(NC(=O)[C@H]1CC(=O)N(c2cccc(Cl)c2)C1)C(N)=O. The number of amides is 3. The smallest absolute Gasteiger partial charge is 0.242 e. The van der Waals surface area contributed by atoms with Crippen molar-refractivity contribution in [1.29, 1.82) is 0 Å². The van der Waals surface area contributed by atoms with Gasteiger partial charge in [-0.1, -0.05) is 17.7 Å². The van der Waals surface area contributed by atoms with Crippen LogP contribution in [-0.2, 0) is 14.4 Å². The Balaban J connectivity index is 2.09. The highest BCUT2D eigenvalue weighted by molar-refractivity contribution is 6.31. The number of primary amides is 1. The van der Waals surface area contributed by atoms with Crippen LogP contribution in [0.25, 0.3) is 0 Å². The molecule has 1 fully saturated rings. The van der Waals surface area contributed by atoms with Crippen molar-refractivity contribution in [1.82, 2.24) is 5.32 Å². The fourth-order valence-corrected chi connectivity index (χ4v) is 2.43. The second-order valence-electron chi connectivity index (χ2n) is 5.86. The van der Waals surface area contributed by atoms with Crippen molar-refractivity contribution >= 4 is 35.0 Å². The summed E-state index contributed by atoms with van der Waals surface area (Å²) in [5.74, 6) is -1.66. The number of hydrogen-bond donors (Lipinski definition) is 2. The second kappa shape index (κ2) is 5.96. The normalized spacial score (nSPS) is 18.4. The molecule has 1 aliphatic heterocycles. The topological polar surface area (TPSA) is 92.5 Å². The second-order valence-corrected chi connectivity index (χ2v) is 6.30. The van der Waals surface area contributed by atoms with Gasteiger partial charge >= 0.3 is 0 Å². The average Bonchev–Trinajstić information content (AvgIpc) is 2.80. The van der Waals surface area contributed by atoms with Gasteiger partial charge in [-0.3, -0.25) is 14.4 Å². The van der Waals surface area contributed by atoms with E-state index >= 15 is 0 Å². The number of nitrogens with one attached hydrogen (secondary N) is 1. The maximum Gasteiger partial charge on any atom is 0.242 e. The molecule has 2 rings (SSSR count). The molecule has 0 spiro atoms. The van der Waals surface area contributed by atoms with Crippen molar-refractivity contribution in [2.45, 2.75) is 25.8 Å². The molecule has 22 heavy (non-hydrogen) atoms. The molecular weight excluding hydrogens is 306 g/mol. The minimum Gasteiger partial charge on any atom is -0.368 e. The highest BCUT2D eigenvalue weighted by atomic mass is 35.5. The molecule has 1 saturated heterocycles. The zero-order valence-corrected chi connectivity index (χ0v) is 13.2. The zero-order chi connectivity index (χ0) is 16.5. The number of nitrogens with zero attached hydrogens (tertiary/aromatic N) is 1. The minimum atomic E-state index is -1.15. The van der Waals surface area contributed by atoms with Crippen LogP contribution in [0.15, 0.2) is 24.3 Å². The standard InChI is InChI=1S/C15H18ClN3O3/c1-15(2,14(17)22)18-13(21)9-6-12(20)19(8-9)11-5-3-4-10(16)7-11/h3-5,7,9H,6,8H2,1-2H3,(H2,17,22)(H,18,21)/t9-/m0/s1. The van der Waals surface area contributed by atoms with E-state index in [2.05, 4.69) is 5.32 Å². The Morgan fingerprint density at radius 2 is 2.09 bits per heavy atom. The van der Waals surface area contributed by atoms with Crippen molar-refractivity contribution in [3.05, 3.63) is 29.3 Å². The van der Waals surface area contributed by atoms with Gasteiger partial charge in [0.15, 0.2) is 0 Å². The Morgan fingerprint density at radius 1 is 1.41 bits per heavy atom. The summed E-state index contributed by atoms with van der Waals surface area (Å²) < 4.78 is 0. The molecule has 1 atom stereocenters. The molecule has 7 heteroatoms. The largest absolute Gasteiger partial charge is 0.368 e. The Kier molecular flexibility index (Phi) is 4.42. The summed E-state index contributed by atoms with van der Waals surface area (Å²) in [5, 5.41) is 3.10. The van der Waals surface area contributed by atoms with Crippen molar-refractivity contribution in [3.63, 3.8) is 0 Å². The summed E-state index contributed by atoms with van der Waals surface area (Å²) in [7, 11) is 0. The first-order valence-electron chi connectivity index (χ1n) is 6.88. The van der Waals surface area contributed by atoms with Crippen LogP contribution in [0, 0.1) is 5.92 Å². The van der Waals surface area contributed by atoms with Gasteiger partial charge in [0, 0.05) is 23.7 Å². The Hall–Kier alpha value is -2.08. The lowest BCUT2D eigenvalue weighted by Crippen LogP contribution is -2.54. The lowest BCUT2D eigenvalue weighted by atomic mass is 10.0. The van der Waals surface area contributed by atoms with E-state index in [1.807, 2.05) is 0 Å². The van der Waals surface area contributed by atoms with Crippen LogP contribution < -0.4 is 16.0 Å². The maximum atomic E-state index is 12.2. The number of carbonyl (C=O) groups is 3. The van der Waals surface area contributed by atoms with Crippen molar-refractivity contribution in [2.75, 3.05) is 11.4 Å². The molecule has 1 aliphatic rings. The van der Waals surface area contributed by atoms with Crippen LogP contribution >= 0.6 is 11.6 Å². The van der Waals surface area contributed by atoms with E-state index in [1.165, 1.54) is 18.7 Å². The summed E-state index contributed by atoms with van der Waals surface area (Å²) in [4.78, 5) is 37.1. The molecule has 3 N–H and O–H groups in total. The monoisotopic (exact) mass is 323 g/mol. The number of hydrogen-bond acceptors (Lipinski definition) is 3. The van der Waals surface area contributed by atoms with E-state index in [-0.39, 0.29) is 24.8 Å². The zero-order valence-electron chi connectivity index (χ0n) is 12.4. The van der Waals surface area contributed by atoms with Gasteiger partial charge in [0.05, 0.1) is 5.92 Å². The van der Waals surface area contributed by atoms with E-state index in [1.54, 1.807) is 24.3 Å². The molecule has 118 valence electrons. The molecule has 3 amide bonds. The highest BCUT2D eigenvalue weighted by Crippen LogP contribution is 2.27. The average molecular weight is 324 g/mol. The Bertz CT molecular complexity index is 630. The first kappa shape index (κ1) is 16.3. The highest BCUT2D eigenvalue weighted by Gasteiger charge is 2.38. The fraction of sp³-hybridized carbons (Fsp3) is 0.400. The third kappa shape index (κ3) is 3.39. The summed E-state index contributed by atoms with van der Waals surface area (Å²) in [6, 6.07) is 6.89. The molecule has 1 heterocycles. The van der Waals surface area contributed by atoms with Gasteiger partial charge in [0.1, 0.15) is 5.54 Å². The lowest BCUT2D eigenvalue weighted by molar-refractivity contribution is -0.132. The predicted molar refractivity (Wildman–Crippen MR) is 83.3 cm³/mol. The lowest BCUT2D eigenvalue weighted by Gasteiger charge is -2.24. The molecule has 1 aromatic carbocycles. The molecule has 0 aromatic heterocycles. The number of anilines is 1. The van der Waals surface area contributed by atoms with Gasteiger partial charge < -0.3 is 16.0 Å².